The Balaban J connectivity index is 1.25. The molecule has 0 bridgehead atoms. The Morgan fingerprint density at radius 3 is 2.29 bits per heavy atom. The number of nitrogens with zero attached hydrogens (tertiary/aromatic N) is 2. The number of carbonyl (C=O) groups is 4. The lowest BCUT2D eigenvalue weighted by Gasteiger charge is -2.22. The molecule has 0 spiro atoms. The summed E-state index contributed by atoms with van der Waals surface area (Å²) in [5, 5.41) is 0. The molecule has 4 atom stereocenters. The van der Waals surface area contributed by atoms with Crippen LogP contribution in [0.2, 0.25) is 0 Å². The average Bonchev–Trinajstić information content (AvgIpc) is 3.32. The van der Waals surface area contributed by atoms with E-state index in [9.17, 15) is 19.2 Å². The van der Waals surface area contributed by atoms with Crippen molar-refractivity contribution >= 4 is 35.1 Å². The van der Waals surface area contributed by atoms with E-state index in [2.05, 4.69) is 0 Å². The van der Waals surface area contributed by atoms with Gasteiger partial charge in [0.25, 0.3) is 0 Å². The predicted molar refractivity (Wildman–Crippen MR) is 131 cm³/mol. The number of esters is 1. The van der Waals surface area contributed by atoms with Crippen molar-refractivity contribution in [3.63, 3.8) is 0 Å². The van der Waals surface area contributed by atoms with Gasteiger partial charge in [0, 0.05) is 18.7 Å². The summed E-state index contributed by atoms with van der Waals surface area (Å²) in [7, 11) is 0. The van der Waals surface area contributed by atoms with Crippen molar-refractivity contribution in [1.29, 1.82) is 0 Å². The zero-order valence-corrected chi connectivity index (χ0v) is 20.1. The van der Waals surface area contributed by atoms with E-state index in [0.29, 0.717) is 17.9 Å². The monoisotopic (exact) mass is 472 g/mol. The molecule has 2 heterocycles. The van der Waals surface area contributed by atoms with Crippen molar-refractivity contribution in [2.45, 2.75) is 33.6 Å². The molecule has 7 heteroatoms. The number of hydrogen-bond acceptors (Lipinski definition) is 5. The Labute approximate surface area is 204 Å². The minimum absolute atomic E-state index is 0.0211. The second kappa shape index (κ2) is 8.80. The molecular weight excluding hydrogens is 444 g/mol. The van der Waals surface area contributed by atoms with Crippen LogP contribution in [-0.2, 0) is 19.2 Å². The van der Waals surface area contributed by atoms with Crippen molar-refractivity contribution < 1.29 is 23.9 Å². The molecular formula is C28H28N2O5. The topological polar surface area (TPSA) is 84.0 Å². The van der Waals surface area contributed by atoms with Crippen molar-refractivity contribution in [3.05, 3.63) is 65.7 Å². The highest BCUT2D eigenvalue weighted by Gasteiger charge is 2.50. The fraction of sp³-hybridized carbons (Fsp3) is 0.357. The summed E-state index contributed by atoms with van der Waals surface area (Å²) in [6, 6.07) is 12.3. The van der Waals surface area contributed by atoms with Crippen LogP contribution < -0.4 is 14.5 Å². The van der Waals surface area contributed by atoms with Gasteiger partial charge < -0.3 is 9.64 Å². The van der Waals surface area contributed by atoms with Gasteiger partial charge in [0.2, 0.25) is 17.7 Å². The van der Waals surface area contributed by atoms with Crippen molar-refractivity contribution in [2.75, 3.05) is 16.3 Å². The molecule has 7 nitrogen and oxygen atoms in total. The number of amides is 3. The van der Waals surface area contributed by atoms with Crippen LogP contribution in [0, 0.1) is 37.5 Å². The third-order valence-electron chi connectivity index (χ3n) is 7.16. The summed E-state index contributed by atoms with van der Waals surface area (Å²) >= 11 is 0. The molecule has 5 rings (SSSR count). The smallest absolute Gasteiger partial charge is 0.316 e. The maximum Gasteiger partial charge on any atom is 0.316 e. The van der Waals surface area contributed by atoms with Crippen molar-refractivity contribution in [3.8, 4) is 5.75 Å². The number of aryl methyl sites for hydroxylation is 2. The number of ether oxygens (including phenoxy) is 1. The van der Waals surface area contributed by atoms with Crippen LogP contribution >= 0.6 is 0 Å². The van der Waals surface area contributed by atoms with Gasteiger partial charge in [-0.05, 0) is 73.7 Å². The molecule has 1 aliphatic carbocycles. The molecule has 0 saturated carbocycles. The third-order valence-corrected chi connectivity index (χ3v) is 7.16. The minimum atomic E-state index is -0.568. The second-order valence-corrected chi connectivity index (χ2v) is 9.83. The van der Waals surface area contributed by atoms with E-state index in [-0.39, 0.29) is 48.4 Å². The number of allylic oxidation sites excluding steroid dienone is 2. The van der Waals surface area contributed by atoms with Gasteiger partial charge in [0.15, 0.2) is 0 Å². The molecule has 0 aromatic heterocycles. The summed E-state index contributed by atoms with van der Waals surface area (Å²) in [4.78, 5) is 54.1. The van der Waals surface area contributed by atoms with Crippen LogP contribution in [0.3, 0.4) is 0 Å². The van der Waals surface area contributed by atoms with Gasteiger partial charge >= 0.3 is 5.97 Å². The largest absolute Gasteiger partial charge is 0.426 e. The van der Waals surface area contributed by atoms with Crippen molar-refractivity contribution in [1.82, 2.24) is 0 Å². The first-order valence-electron chi connectivity index (χ1n) is 12.0. The van der Waals surface area contributed by atoms with Crippen LogP contribution in [0.25, 0.3) is 0 Å². The van der Waals surface area contributed by atoms with E-state index in [0.717, 1.165) is 16.8 Å². The van der Waals surface area contributed by atoms with Crippen LogP contribution in [0.15, 0.2) is 54.6 Å². The Bertz CT molecular complexity index is 1230. The molecule has 0 unspecified atom stereocenters. The molecule has 180 valence electrons. The third kappa shape index (κ3) is 4.16. The van der Waals surface area contributed by atoms with Crippen LogP contribution in [0.5, 0.6) is 5.75 Å². The molecule has 3 aliphatic rings. The number of imide groups is 1. The quantitative estimate of drug-likeness (QED) is 0.291. The van der Waals surface area contributed by atoms with Gasteiger partial charge in [-0.3, -0.25) is 24.1 Å². The molecule has 2 aliphatic heterocycles. The summed E-state index contributed by atoms with van der Waals surface area (Å²) < 4.78 is 5.55. The number of benzene rings is 2. The zero-order chi connectivity index (χ0) is 24.9. The lowest BCUT2D eigenvalue weighted by atomic mass is 9.78. The molecule has 35 heavy (non-hydrogen) atoms. The number of rotatable bonds is 4. The van der Waals surface area contributed by atoms with Gasteiger partial charge in [-0.1, -0.05) is 25.1 Å². The second-order valence-electron chi connectivity index (χ2n) is 9.83. The highest BCUT2D eigenvalue weighted by molar-refractivity contribution is 6.22. The van der Waals surface area contributed by atoms with E-state index in [1.165, 1.54) is 4.90 Å². The Kier molecular flexibility index (Phi) is 5.79. The van der Waals surface area contributed by atoms with Gasteiger partial charge in [-0.15, -0.1) is 0 Å². The standard InChI is InChI=1S/C28H28N2O5/c1-16-11-17(2)13-21(12-16)29-15-19(14-24(29)31)28(34)35-22-9-7-20(8-10-22)30-26(32)23-6-4-5-18(3)25(23)27(30)33/h4-5,7-13,18-19,23,25H,6,14-15H2,1-3H3/t18-,19-,23+,25-/m0/s1. The maximum atomic E-state index is 13.0. The van der Waals surface area contributed by atoms with E-state index in [4.69, 9.17) is 4.74 Å². The Hall–Kier alpha value is -3.74. The SMILES string of the molecule is Cc1cc(C)cc(N2C[C@@H](C(=O)Oc3ccc(N4C(=O)[C@H]5[C@@H](C)C=CC[C@H]5C4=O)cc3)CC2=O)c1. The number of fused-ring (bicyclic) bond motifs is 1. The van der Waals surface area contributed by atoms with Crippen molar-refractivity contribution in [2.24, 2.45) is 23.7 Å². The van der Waals surface area contributed by atoms with E-state index in [1.54, 1.807) is 29.2 Å². The van der Waals surface area contributed by atoms with Gasteiger partial charge in [0.1, 0.15) is 5.75 Å². The molecule has 0 radical (unpaired) electrons. The minimum Gasteiger partial charge on any atom is -0.426 e. The summed E-state index contributed by atoms with van der Waals surface area (Å²) in [6.45, 7) is 6.17. The first-order valence-corrected chi connectivity index (χ1v) is 12.0. The number of hydrogen-bond donors (Lipinski definition) is 0. The van der Waals surface area contributed by atoms with E-state index in [1.807, 2.05) is 51.1 Å². The highest BCUT2D eigenvalue weighted by atomic mass is 16.5. The summed E-state index contributed by atoms with van der Waals surface area (Å²) in [5.41, 5.74) is 3.37. The maximum absolute atomic E-state index is 13.0. The van der Waals surface area contributed by atoms with Gasteiger partial charge in [0.05, 0.1) is 23.4 Å². The first-order chi connectivity index (χ1) is 16.7. The molecule has 3 amide bonds. The summed E-state index contributed by atoms with van der Waals surface area (Å²) in [5.74, 6) is -1.84. The number of carbonyl (C=O) groups excluding carboxylic acids is 4. The van der Waals surface area contributed by atoms with Gasteiger partial charge in [-0.2, -0.15) is 0 Å². The van der Waals surface area contributed by atoms with E-state index < -0.39 is 11.9 Å². The van der Waals surface area contributed by atoms with Crippen LogP contribution in [-0.4, -0.2) is 30.2 Å². The van der Waals surface area contributed by atoms with Crippen LogP contribution in [0.1, 0.15) is 30.9 Å². The van der Waals surface area contributed by atoms with E-state index >= 15 is 0 Å². The fourth-order valence-corrected chi connectivity index (χ4v) is 5.49. The molecule has 0 N–H and O–H groups in total. The molecule has 2 aromatic rings. The van der Waals surface area contributed by atoms with Crippen LogP contribution in [0.4, 0.5) is 11.4 Å². The zero-order valence-electron chi connectivity index (χ0n) is 20.1. The average molecular weight is 473 g/mol. The predicted octanol–water partition coefficient (Wildman–Crippen LogP) is 3.96. The normalized spacial score (nSPS) is 25.9. The first kappa shape index (κ1) is 23.0. The molecule has 2 fully saturated rings. The number of anilines is 2. The summed E-state index contributed by atoms with van der Waals surface area (Å²) in [6.07, 6.45) is 4.63. The molecule has 2 saturated heterocycles. The Morgan fingerprint density at radius 1 is 0.943 bits per heavy atom. The highest BCUT2D eigenvalue weighted by Crippen LogP contribution is 2.40. The van der Waals surface area contributed by atoms with Gasteiger partial charge in [-0.25, -0.2) is 0 Å². The Morgan fingerprint density at radius 2 is 1.63 bits per heavy atom. The fourth-order valence-electron chi connectivity index (χ4n) is 5.49. The molecule has 2 aromatic carbocycles. The lowest BCUT2D eigenvalue weighted by molar-refractivity contribution is -0.139. The lowest BCUT2D eigenvalue weighted by Crippen LogP contribution is -2.31.